The molecule has 2 rings (SSSR count). The Morgan fingerprint density at radius 2 is 2.22 bits per heavy atom. The molecule has 0 aromatic heterocycles. The van der Waals surface area contributed by atoms with Crippen LogP contribution in [0.3, 0.4) is 0 Å². The van der Waals surface area contributed by atoms with Gasteiger partial charge in [-0.15, -0.1) is 0 Å². The van der Waals surface area contributed by atoms with Crippen molar-refractivity contribution in [2.45, 2.75) is 25.3 Å². The monoisotopic (exact) mass is 378 g/mol. The highest BCUT2D eigenvalue weighted by Gasteiger charge is 2.17. The van der Waals surface area contributed by atoms with Crippen molar-refractivity contribution in [3.63, 3.8) is 0 Å². The molecule has 1 aliphatic rings. The van der Waals surface area contributed by atoms with Gasteiger partial charge in [-0.25, -0.2) is 0 Å². The van der Waals surface area contributed by atoms with Crippen molar-refractivity contribution in [3.8, 4) is 0 Å². The molecule has 1 atom stereocenters. The topological polar surface area (TPSA) is 41.1 Å². The van der Waals surface area contributed by atoms with E-state index in [-0.39, 0.29) is 11.9 Å². The molecule has 1 saturated heterocycles. The first kappa shape index (κ1) is 14.1. The summed E-state index contributed by atoms with van der Waals surface area (Å²) in [5.41, 5.74) is 0.667. The number of benzene rings is 1. The van der Waals surface area contributed by atoms with Crippen LogP contribution in [0.15, 0.2) is 18.2 Å². The van der Waals surface area contributed by atoms with E-state index in [1.54, 1.807) is 12.1 Å². The van der Waals surface area contributed by atoms with Crippen LogP contribution in [0.2, 0.25) is 5.02 Å². The molecule has 1 aromatic carbocycles. The van der Waals surface area contributed by atoms with E-state index in [9.17, 15) is 4.79 Å². The van der Waals surface area contributed by atoms with Crippen LogP contribution in [-0.2, 0) is 0 Å². The van der Waals surface area contributed by atoms with Gasteiger partial charge < -0.3 is 10.6 Å². The van der Waals surface area contributed by atoms with Gasteiger partial charge in [0.1, 0.15) is 0 Å². The molecule has 98 valence electrons. The largest absolute Gasteiger partial charge is 0.349 e. The quantitative estimate of drug-likeness (QED) is 0.777. The molecule has 0 radical (unpaired) electrons. The van der Waals surface area contributed by atoms with Crippen LogP contribution in [-0.4, -0.2) is 25.0 Å². The fourth-order valence-corrected chi connectivity index (χ4v) is 2.85. The summed E-state index contributed by atoms with van der Waals surface area (Å²) in [6, 6.07) is 5.66. The van der Waals surface area contributed by atoms with Gasteiger partial charge in [-0.05, 0) is 73.1 Å². The van der Waals surface area contributed by atoms with Gasteiger partial charge in [0.15, 0.2) is 0 Å². The Balaban J connectivity index is 2.04. The second kappa shape index (κ2) is 6.73. The Kier molecular flexibility index (Phi) is 5.26. The first-order valence-corrected chi connectivity index (χ1v) is 7.59. The highest BCUT2D eigenvalue weighted by molar-refractivity contribution is 14.1. The second-order valence-electron chi connectivity index (χ2n) is 4.48. The zero-order valence-electron chi connectivity index (χ0n) is 10.0. The number of rotatable bonds is 2. The van der Waals surface area contributed by atoms with Gasteiger partial charge in [0.25, 0.3) is 5.91 Å². The second-order valence-corrected chi connectivity index (χ2v) is 6.07. The van der Waals surface area contributed by atoms with Crippen molar-refractivity contribution < 1.29 is 4.79 Å². The van der Waals surface area contributed by atoms with E-state index in [4.69, 9.17) is 11.6 Å². The highest BCUT2D eigenvalue weighted by atomic mass is 127. The third-order valence-corrected chi connectivity index (χ3v) is 4.26. The SMILES string of the molecule is O=C(NC1CCCNCC1)c1cc(Cl)ccc1I. The van der Waals surface area contributed by atoms with Gasteiger partial charge in [-0.1, -0.05) is 11.6 Å². The molecule has 0 aliphatic carbocycles. The maximum absolute atomic E-state index is 12.2. The van der Waals surface area contributed by atoms with Crippen LogP contribution >= 0.6 is 34.2 Å². The molecule has 18 heavy (non-hydrogen) atoms. The van der Waals surface area contributed by atoms with Crippen LogP contribution < -0.4 is 10.6 Å². The van der Waals surface area contributed by atoms with E-state index in [0.717, 1.165) is 35.9 Å². The standard InChI is InChI=1S/C13H16ClIN2O/c14-9-3-4-12(15)11(8-9)13(18)17-10-2-1-6-16-7-5-10/h3-4,8,10,16H,1-2,5-7H2,(H,17,18). The molecule has 1 aliphatic heterocycles. The molecule has 3 nitrogen and oxygen atoms in total. The number of halogens is 2. The molecule has 1 heterocycles. The molecule has 1 unspecified atom stereocenters. The maximum atomic E-state index is 12.2. The van der Waals surface area contributed by atoms with Crippen LogP contribution in [0.1, 0.15) is 29.6 Å². The van der Waals surface area contributed by atoms with Crippen LogP contribution in [0.25, 0.3) is 0 Å². The van der Waals surface area contributed by atoms with Gasteiger partial charge in [0, 0.05) is 14.6 Å². The molecule has 1 fully saturated rings. The van der Waals surface area contributed by atoms with E-state index in [2.05, 4.69) is 33.2 Å². The Morgan fingerprint density at radius 3 is 3.06 bits per heavy atom. The predicted octanol–water partition coefficient (Wildman–Crippen LogP) is 2.82. The molecule has 0 bridgehead atoms. The lowest BCUT2D eigenvalue weighted by atomic mass is 10.1. The summed E-state index contributed by atoms with van der Waals surface area (Å²) in [6.45, 7) is 2.01. The lowest BCUT2D eigenvalue weighted by Gasteiger charge is -2.16. The lowest BCUT2D eigenvalue weighted by molar-refractivity contribution is 0.0933. The Hall–Kier alpha value is -0.330. The molecule has 5 heteroatoms. The molecule has 0 saturated carbocycles. The Bertz CT molecular complexity index is 431. The Labute approximate surface area is 126 Å². The number of amides is 1. The van der Waals surface area contributed by atoms with Crippen molar-refractivity contribution in [1.29, 1.82) is 0 Å². The Morgan fingerprint density at radius 1 is 1.39 bits per heavy atom. The average Bonchev–Trinajstić information content (AvgIpc) is 2.61. The molecule has 2 N–H and O–H groups in total. The highest BCUT2D eigenvalue weighted by Crippen LogP contribution is 2.18. The summed E-state index contributed by atoms with van der Waals surface area (Å²) in [5.74, 6) is -0.0196. The van der Waals surface area contributed by atoms with Gasteiger partial charge in [-0.3, -0.25) is 4.79 Å². The number of hydrogen-bond donors (Lipinski definition) is 2. The van der Waals surface area contributed by atoms with Gasteiger partial charge in [-0.2, -0.15) is 0 Å². The predicted molar refractivity (Wildman–Crippen MR) is 82.1 cm³/mol. The zero-order chi connectivity index (χ0) is 13.0. The number of carbonyl (C=O) groups is 1. The summed E-state index contributed by atoms with van der Waals surface area (Å²) in [7, 11) is 0. The van der Waals surface area contributed by atoms with Crippen molar-refractivity contribution in [3.05, 3.63) is 32.4 Å². The summed E-state index contributed by atoms with van der Waals surface area (Å²) in [5, 5.41) is 7.04. The van der Waals surface area contributed by atoms with E-state index in [0.29, 0.717) is 10.6 Å². The molecule has 0 spiro atoms. The first-order chi connectivity index (χ1) is 8.66. The summed E-state index contributed by atoms with van der Waals surface area (Å²) in [6.07, 6.45) is 3.14. The third-order valence-electron chi connectivity index (χ3n) is 3.08. The maximum Gasteiger partial charge on any atom is 0.252 e. The summed E-state index contributed by atoms with van der Waals surface area (Å²) >= 11 is 8.10. The zero-order valence-corrected chi connectivity index (χ0v) is 12.9. The van der Waals surface area contributed by atoms with E-state index >= 15 is 0 Å². The van der Waals surface area contributed by atoms with Crippen molar-refractivity contribution in [1.82, 2.24) is 10.6 Å². The summed E-state index contributed by atoms with van der Waals surface area (Å²) < 4.78 is 0.932. The fraction of sp³-hybridized carbons (Fsp3) is 0.462. The minimum absolute atomic E-state index is 0.0196. The smallest absolute Gasteiger partial charge is 0.252 e. The fourth-order valence-electron chi connectivity index (χ4n) is 2.10. The van der Waals surface area contributed by atoms with Crippen molar-refractivity contribution in [2.24, 2.45) is 0 Å². The van der Waals surface area contributed by atoms with E-state index < -0.39 is 0 Å². The van der Waals surface area contributed by atoms with Crippen LogP contribution in [0.5, 0.6) is 0 Å². The van der Waals surface area contributed by atoms with Gasteiger partial charge in [0.2, 0.25) is 0 Å². The van der Waals surface area contributed by atoms with E-state index in [1.807, 2.05) is 6.07 Å². The van der Waals surface area contributed by atoms with Crippen LogP contribution in [0, 0.1) is 3.57 Å². The molecular formula is C13H16ClIN2O. The lowest BCUT2D eigenvalue weighted by Crippen LogP contribution is -2.35. The van der Waals surface area contributed by atoms with Gasteiger partial charge >= 0.3 is 0 Å². The molecule has 1 amide bonds. The summed E-state index contributed by atoms with van der Waals surface area (Å²) in [4.78, 5) is 12.2. The number of hydrogen-bond acceptors (Lipinski definition) is 2. The number of nitrogens with one attached hydrogen (secondary N) is 2. The van der Waals surface area contributed by atoms with Gasteiger partial charge in [0.05, 0.1) is 5.56 Å². The van der Waals surface area contributed by atoms with Crippen molar-refractivity contribution >= 4 is 40.1 Å². The van der Waals surface area contributed by atoms with Crippen molar-refractivity contribution in [2.75, 3.05) is 13.1 Å². The average molecular weight is 379 g/mol. The minimum atomic E-state index is -0.0196. The first-order valence-electron chi connectivity index (χ1n) is 6.13. The van der Waals surface area contributed by atoms with Crippen LogP contribution in [0.4, 0.5) is 0 Å². The molecule has 1 aromatic rings. The normalized spacial score (nSPS) is 20.2. The third kappa shape index (κ3) is 3.83. The number of carbonyl (C=O) groups excluding carboxylic acids is 1. The molecular weight excluding hydrogens is 363 g/mol. The van der Waals surface area contributed by atoms with E-state index in [1.165, 1.54) is 0 Å². The minimum Gasteiger partial charge on any atom is -0.349 e.